The summed E-state index contributed by atoms with van der Waals surface area (Å²) in [7, 11) is 0. The van der Waals surface area contributed by atoms with Crippen molar-refractivity contribution in [1.82, 2.24) is 10.2 Å². The Hall–Kier alpha value is -1.69. The number of aryl methyl sites for hydroxylation is 1. The van der Waals surface area contributed by atoms with Crippen LogP contribution in [0.4, 0.5) is 0 Å². The second-order valence-corrected chi connectivity index (χ2v) is 9.16. The van der Waals surface area contributed by atoms with E-state index >= 15 is 0 Å². The van der Waals surface area contributed by atoms with Gasteiger partial charge in [0, 0.05) is 34.5 Å². The summed E-state index contributed by atoms with van der Waals surface area (Å²) < 4.78 is 0. The van der Waals surface area contributed by atoms with E-state index in [1.807, 2.05) is 26.0 Å². The molecule has 2 amide bonds. The fraction of sp³-hybridized carbons (Fsp3) is 0.417. The van der Waals surface area contributed by atoms with Crippen molar-refractivity contribution in [2.45, 2.75) is 52.0 Å². The molecule has 0 aliphatic carbocycles. The van der Waals surface area contributed by atoms with Gasteiger partial charge in [-0.2, -0.15) is 0 Å². The first-order chi connectivity index (χ1) is 14.9. The van der Waals surface area contributed by atoms with E-state index < -0.39 is 6.04 Å². The maximum atomic E-state index is 13.3. The summed E-state index contributed by atoms with van der Waals surface area (Å²) >= 11 is 14.3. The van der Waals surface area contributed by atoms with Crippen LogP contribution >= 0.6 is 35.0 Å². The zero-order chi connectivity index (χ0) is 22.8. The molecule has 4 nitrogen and oxygen atoms in total. The molecule has 0 saturated heterocycles. The maximum absolute atomic E-state index is 13.3. The Morgan fingerprint density at radius 1 is 1.06 bits per heavy atom. The van der Waals surface area contributed by atoms with Crippen molar-refractivity contribution in [3.05, 3.63) is 69.2 Å². The summed E-state index contributed by atoms with van der Waals surface area (Å²) in [5.41, 5.74) is 3.06. The van der Waals surface area contributed by atoms with Gasteiger partial charge < -0.3 is 10.2 Å². The minimum Gasteiger partial charge on any atom is -0.354 e. The van der Waals surface area contributed by atoms with E-state index in [9.17, 15) is 9.59 Å². The highest BCUT2D eigenvalue weighted by Crippen LogP contribution is 2.27. The summed E-state index contributed by atoms with van der Waals surface area (Å²) in [5, 5.41) is 3.89. The van der Waals surface area contributed by atoms with Crippen LogP contribution in [-0.4, -0.2) is 35.1 Å². The zero-order valence-corrected chi connectivity index (χ0v) is 20.6. The van der Waals surface area contributed by atoms with Gasteiger partial charge in [-0.3, -0.25) is 9.59 Å². The summed E-state index contributed by atoms with van der Waals surface area (Å²) in [6.45, 7) is 6.74. The Morgan fingerprint density at radius 3 is 2.35 bits per heavy atom. The van der Waals surface area contributed by atoms with Crippen LogP contribution in [0.25, 0.3) is 0 Å². The maximum Gasteiger partial charge on any atom is 0.242 e. The van der Waals surface area contributed by atoms with Crippen molar-refractivity contribution in [3.63, 3.8) is 0 Å². The van der Waals surface area contributed by atoms with Crippen molar-refractivity contribution >= 4 is 46.8 Å². The summed E-state index contributed by atoms with van der Waals surface area (Å²) in [6, 6.07) is 12.8. The Bertz CT molecular complexity index is 871. The number of carbonyl (C=O) groups is 2. The molecule has 168 valence electrons. The van der Waals surface area contributed by atoms with E-state index in [1.54, 1.807) is 34.9 Å². The van der Waals surface area contributed by atoms with Crippen LogP contribution in [0.1, 0.15) is 43.4 Å². The largest absolute Gasteiger partial charge is 0.354 e. The van der Waals surface area contributed by atoms with Crippen molar-refractivity contribution in [1.29, 1.82) is 0 Å². The molecule has 0 radical (unpaired) electrons. The zero-order valence-electron chi connectivity index (χ0n) is 18.3. The second-order valence-electron chi connectivity index (χ2n) is 7.36. The van der Waals surface area contributed by atoms with Crippen LogP contribution in [0.3, 0.4) is 0 Å². The highest BCUT2D eigenvalue weighted by Gasteiger charge is 2.29. The number of amides is 2. The number of hydrogen-bond donors (Lipinski definition) is 1. The van der Waals surface area contributed by atoms with Gasteiger partial charge in [-0.05, 0) is 43.0 Å². The number of carbonyl (C=O) groups excluding carboxylic acids is 2. The molecule has 1 unspecified atom stereocenters. The average Bonchev–Trinajstić information content (AvgIpc) is 2.75. The van der Waals surface area contributed by atoms with Gasteiger partial charge in [0.05, 0.1) is 5.75 Å². The van der Waals surface area contributed by atoms with Gasteiger partial charge in [-0.15, -0.1) is 11.8 Å². The molecule has 31 heavy (non-hydrogen) atoms. The smallest absolute Gasteiger partial charge is 0.242 e. The third kappa shape index (κ3) is 7.44. The van der Waals surface area contributed by atoms with Gasteiger partial charge in [-0.1, -0.05) is 67.4 Å². The summed E-state index contributed by atoms with van der Waals surface area (Å²) in [6.07, 6.45) is 1.34. The first-order valence-electron chi connectivity index (χ1n) is 10.5. The van der Waals surface area contributed by atoms with Crippen LogP contribution in [0, 0.1) is 6.92 Å². The van der Waals surface area contributed by atoms with E-state index in [1.165, 1.54) is 11.1 Å². The van der Waals surface area contributed by atoms with E-state index in [2.05, 4.69) is 24.4 Å². The lowest BCUT2D eigenvalue weighted by Gasteiger charge is -2.31. The second kappa shape index (κ2) is 13.0. The molecule has 0 saturated carbocycles. The molecule has 0 aliphatic rings. The minimum absolute atomic E-state index is 0.104. The number of thioether (sulfide) groups is 1. The lowest BCUT2D eigenvalue weighted by atomic mass is 10.1. The molecule has 0 fully saturated rings. The Balaban J connectivity index is 2.19. The van der Waals surface area contributed by atoms with Crippen molar-refractivity contribution in [3.8, 4) is 0 Å². The number of hydrogen-bond acceptors (Lipinski definition) is 3. The minimum atomic E-state index is -0.578. The fourth-order valence-corrected chi connectivity index (χ4v) is 4.75. The average molecular weight is 481 g/mol. The molecule has 2 aromatic rings. The van der Waals surface area contributed by atoms with Crippen LogP contribution < -0.4 is 5.32 Å². The van der Waals surface area contributed by atoms with Crippen molar-refractivity contribution < 1.29 is 9.59 Å². The fourth-order valence-electron chi connectivity index (χ4n) is 3.24. The number of benzene rings is 2. The standard InChI is InChI=1S/C24H30Cl2N2O2S/c1-4-13-27-24(30)22(5-2)28(14-19-20(25)11-8-12-21(19)26)23(29)16-31-15-18-10-7-6-9-17(18)3/h6-12,22H,4-5,13-16H2,1-3H3,(H,27,30). The van der Waals surface area contributed by atoms with Crippen LogP contribution in [0.2, 0.25) is 10.0 Å². The molecule has 1 atom stereocenters. The Labute approximate surface area is 199 Å². The number of nitrogens with one attached hydrogen (secondary N) is 1. The van der Waals surface area contributed by atoms with Gasteiger partial charge in [-0.25, -0.2) is 0 Å². The van der Waals surface area contributed by atoms with E-state index in [4.69, 9.17) is 23.2 Å². The Kier molecular flexibility index (Phi) is 10.7. The SMILES string of the molecule is CCCNC(=O)C(CC)N(Cc1c(Cl)cccc1Cl)C(=O)CSCc1ccccc1C. The monoisotopic (exact) mass is 480 g/mol. The summed E-state index contributed by atoms with van der Waals surface area (Å²) in [5.74, 6) is 0.754. The van der Waals surface area contributed by atoms with E-state index in [-0.39, 0.29) is 24.1 Å². The normalized spacial score (nSPS) is 11.8. The van der Waals surface area contributed by atoms with E-state index in [0.717, 1.165) is 12.2 Å². The third-order valence-electron chi connectivity index (χ3n) is 5.07. The number of halogens is 2. The number of rotatable bonds is 11. The number of nitrogens with zero attached hydrogens (tertiary/aromatic N) is 1. The summed E-state index contributed by atoms with van der Waals surface area (Å²) in [4.78, 5) is 27.7. The van der Waals surface area contributed by atoms with Crippen LogP contribution in [0.15, 0.2) is 42.5 Å². The lowest BCUT2D eigenvalue weighted by molar-refractivity contribution is -0.139. The van der Waals surface area contributed by atoms with Crippen LogP contribution in [0.5, 0.6) is 0 Å². The van der Waals surface area contributed by atoms with Gasteiger partial charge >= 0.3 is 0 Å². The van der Waals surface area contributed by atoms with E-state index in [0.29, 0.717) is 28.6 Å². The topological polar surface area (TPSA) is 49.4 Å². The predicted molar refractivity (Wildman–Crippen MR) is 132 cm³/mol. The molecule has 2 rings (SSSR count). The van der Waals surface area contributed by atoms with Gasteiger partial charge in [0.15, 0.2) is 0 Å². The van der Waals surface area contributed by atoms with Crippen molar-refractivity contribution in [2.24, 2.45) is 0 Å². The molecule has 0 bridgehead atoms. The first-order valence-corrected chi connectivity index (χ1v) is 12.4. The highest BCUT2D eigenvalue weighted by atomic mass is 35.5. The first kappa shape index (κ1) is 25.6. The Morgan fingerprint density at radius 2 is 1.74 bits per heavy atom. The molecule has 0 aliphatic heterocycles. The van der Waals surface area contributed by atoms with Gasteiger partial charge in [0.1, 0.15) is 6.04 Å². The molecule has 0 heterocycles. The molecule has 2 aromatic carbocycles. The van der Waals surface area contributed by atoms with Gasteiger partial charge in [0.2, 0.25) is 11.8 Å². The molecule has 1 N–H and O–H groups in total. The third-order valence-corrected chi connectivity index (χ3v) is 6.74. The predicted octanol–water partition coefficient (Wildman–Crippen LogP) is 5.87. The van der Waals surface area contributed by atoms with Gasteiger partial charge in [0.25, 0.3) is 0 Å². The molecule has 0 aromatic heterocycles. The molecule has 0 spiro atoms. The molecule has 7 heteroatoms. The molecular formula is C24H30Cl2N2O2S. The van der Waals surface area contributed by atoms with Crippen LogP contribution in [-0.2, 0) is 21.9 Å². The quantitative estimate of drug-likeness (QED) is 0.437. The highest BCUT2D eigenvalue weighted by molar-refractivity contribution is 7.99. The van der Waals surface area contributed by atoms with Crippen molar-refractivity contribution in [2.75, 3.05) is 12.3 Å². The molecular weight excluding hydrogens is 451 g/mol. The lowest BCUT2D eigenvalue weighted by Crippen LogP contribution is -2.49.